The zero-order chi connectivity index (χ0) is 16.0. The summed E-state index contributed by atoms with van der Waals surface area (Å²) < 4.78 is 23.1. The predicted octanol–water partition coefficient (Wildman–Crippen LogP) is -0.649. The van der Waals surface area contributed by atoms with E-state index in [1.54, 1.807) is 13.8 Å². The third kappa shape index (κ3) is 2.91. The highest BCUT2D eigenvalue weighted by Gasteiger charge is 2.67. The molecule has 0 aromatic rings. The summed E-state index contributed by atoms with van der Waals surface area (Å²) in [5, 5.41) is 18.3. The fourth-order valence-electron chi connectivity index (χ4n) is 3.34. The SMILES string of the molecule is CC1(C)[C@H](C(=O)O)[C@@H]1C(=O)N(CCO)C1CCS(=O)(=O)C1. The molecule has 7 nitrogen and oxygen atoms in total. The first-order valence-corrected chi connectivity index (χ1v) is 8.78. The van der Waals surface area contributed by atoms with Gasteiger partial charge >= 0.3 is 5.97 Å². The number of carbonyl (C=O) groups is 2. The monoisotopic (exact) mass is 319 g/mol. The lowest BCUT2D eigenvalue weighted by molar-refractivity contribution is -0.142. The largest absolute Gasteiger partial charge is 0.481 e. The van der Waals surface area contributed by atoms with E-state index in [2.05, 4.69) is 0 Å². The molecular formula is C13H21NO6S. The van der Waals surface area contributed by atoms with Crippen LogP contribution in [0.1, 0.15) is 20.3 Å². The first kappa shape index (κ1) is 16.2. The summed E-state index contributed by atoms with van der Waals surface area (Å²) in [6.07, 6.45) is 0.346. The molecule has 21 heavy (non-hydrogen) atoms. The van der Waals surface area contributed by atoms with E-state index >= 15 is 0 Å². The van der Waals surface area contributed by atoms with E-state index in [9.17, 15) is 18.0 Å². The highest BCUT2D eigenvalue weighted by Crippen LogP contribution is 2.59. The molecule has 1 aliphatic heterocycles. The van der Waals surface area contributed by atoms with Crippen LogP contribution in [-0.2, 0) is 19.4 Å². The first-order chi connectivity index (χ1) is 9.62. The van der Waals surface area contributed by atoms with E-state index in [-0.39, 0.29) is 30.6 Å². The Labute approximate surface area is 123 Å². The van der Waals surface area contributed by atoms with Gasteiger partial charge in [0.1, 0.15) is 0 Å². The van der Waals surface area contributed by atoms with Crippen LogP contribution in [-0.4, -0.2) is 66.1 Å². The zero-order valence-electron chi connectivity index (χ0n) is 12.2. The summed E-state index contributed by atoms with van der Waals surface area (Å²) in [6.45, 7) is 3.21. The molecule has 8 heteroatoms. The number of aliphatic hydroxyl groups excluding tert-OH is 1. The van der Waals surface area contributed by atoms with E-state index in [0.717, 1.165) is 0 Å². The lowest BCUT2D eigenvalue weighted by Gasteiger charge is -2.28. The molecule has 1 heterocycles. The van der Waals surface area contributed by atoms with Crippen LogP contribution in [0.25, 0.3) is 0 Å². The van der Waals surface area contributed by atoms with Crippen molar-refractivity contribution in [1.29, 1.82) is 0 Å². The van der Waals surface area contributed by atoms with Crippen molar-refractivity contribution in [2.45, 2.75) is 26.3 Å². The third-order valence-corrected chi connectivity index (χ3v) is 6.38. The topological polar surface area (TPSA) is 112 Å². The van der Waals surface area contributed by atoms with Gasteiger partial charge in [-0.15, -0.1) is 0 Å². The maximum Gasteiger partial charge on any atom is 0.307 e. The van der Waals surface area contributed by atoms with Gasteiger partial charge in [0.05, 0.1) is 29.9 Å². The van der Waals surface area contributed by atoms with E-state index in [1.807, 2.05) is 0 Å². The van der Waals surface area contributed by atoms with Crippen LogP contribution in [0.5, 0.6) is 0 Å². The number of aliphatic hydroxyl groups is 1. The zero-order valence-corrected chi connectivity index (χ0v) is 13.0. The van der Waals surface area contributed by atoms with Crippen LogP contribution in [0.2, 0.25) is 0 Å². The minimum absolute atomic E-state index is 0.0310. The first-order valence-electron chi connectivity index (χ1n) is 6.96. The van der Waals surface area contributed by atoms with Crippen molar-refractivity contribution < 1.29 is 28.2 Å². The van der Waals surface area contributed by atoms with Crippen molar-refractivity contribution in [1.82, 2.24) is 4.90 Å². The molecule has 0 spiro atoms. The molecule has 1 aliphatic carbocycles. The number of nitrogens with zero attached hydrogens (tertiary/aromatic N) is 1. The Morgan fingerprint density at radius 1 is 1.29 bits per heavy atom. The van der Waals surface area contributed by atoms with Gasteiger partial charge in [0.15, 0.2) is 9.84 Å². The summed E-state index contributed by atoms with van der Waals surface area (Å²) in [5.74, 6) is -2.84. The van der Waals surface area contributed by atoms with Crippen molar-refractivity contribution in [3.05, 3.63) is 0 Å². The number of rotatable bonds is 5. The molecule has 1 amide bonds. The molecule has 0 radical (unpaired) electrons. The molecule has 120 valence electrons. The quantitative estimate of drug-likeness (QED) is 0.696. The summed E-state index contributed by atoms with van der Waals surface area (Å²) in [5.41, 5.74) is -0.631. The number of carboxylic acid groups (broad SMARTS) is 1. The molecule has 2 rings (SSSR count). The number of carboxylic acids is 1. The smallest absolute Gasteiger partial charge is 0.307 e. The van der Waals surface area contributed by atoms with E-state index < -0.39 is 39.1 Å². The normalized spacial score (nSPS) is 32.6. The summed E-state index contributed by atoms with van der Waals surface area (Å²) >= 11 is 0. The Balaban J connectivity index is 2.16. The molecule has 1 unspecified atom stereocenters. The van der Waals surface area contributed by atoms with E-state index in [0.29, 0.717) is 6.42 Å². The predicted molar refractivity (Wildman–Crippen MR) is 74.3 cm³/mol. The molecular weight excluding hydrogens is 298 g/mol. The average molecular weight is 319 g/mol. The van der Waals surface area contributed by atoms with Gasteiger partial charge in [-0.2, -0.15) is 0 Å². The minimum Gasteiger partial charge on any atom is -0.481 e. The van der Waals surface area contributed by atoms with Gasteiger partial charge in [0.25, 0.3) is 0 Å². The van der Waals surface area contributed by atoms with Gasteiger partial charge in [-0.05, 0) is 11.8 Å². The van der Waals surface area contributed by atoms with Crippen LogP contribution in [0.3, 0.4) is 0 Å². The summed E-state index contributed by atoms with van der Waals surface area (Å²) in [7, 11) is -3.15. The van der Waals surface area contributed by atoms with Crippen molar-refractivity contribution in [3.63, 3.8) is 0 Å². The Hall–Kier alpha value is -1.15. The number of carbonyl (C=O) groups excluding carboxylic acids is 1. The second-order valence-electron chi connectivity index (χ2n) is 6.43. The van der Waals surface area contributed by atoms with E-state index in [1.165, 1.54) is 4.90 Å². The summed E-state index contributed by atoms with van der Waals surface area (Å²) in [4.78, 5) is 25.1. The van der Waals surface area contributed by atoms with Gasteiger partial charge < -0.3 is 15.1 Å². The molecule has 0 aromatic carbocycles. The molecule has 3 atom stereocenters. The fourth-order valence-corrected chi connectivity index (χ4v) is 5.07. The van der Waals surface area contributed by atoms with E-state index in [4.69, 9.17) is 10.2 Å². The van der Waals surface area contributed by atoms with Crippen molar-refractivity contribution in [3.8, 4) is 0 Å². The second kappa shape index (κ2) is 5.24. The van der Waals surface area contributed by atoms with Crippen LogP contribution in [0.15, 0.2) is 0 Å². The minimum atomic E-state index is -3.15. The molecule has 2 N–H and O–H groups in total. The molecule has 1 saturated heterocycles. The van der Waals surface area contributed by atoms with Gasteiger partial charge in [0, 0.05) is 12.6 Å². The average Bonchev–Trinajstić information content (AvgIpc) is 2.75. The van der Waals surface area contributed by atoms with Crippen LogP contribution in [0.4, 0.5) is 0 Å². The number of aliphatic carboxylic acids is 1. The van der Waals surface area contributed by atoms with Crippen molar-refractivity contribution >= 4 is 21.7 Å². The molecule has 2 aliphatic rings. The standard InChI is InChI=1S/C13H21NO6S/c1-13(2)9(10(13)12(17)18)11(16)14(4-5-15)8-3-6-21(19,20)7-8/h8-10,15H,3-7H2,1-2H3,(H,17,18)/t8?,9-,10+/m1/s1. The Morgan fingerprint density at radius 2 is 1.90 bits per heavy atom. The van der Waals surface area contributed by atoms with Crippen LogP contribution in [0, 0.1) is 17.3 Å². The van der Waals surface area contributed by atoms with Crippen LogP contribution < -0.4 is 0 Å². The van der Waals surface area contributed by atoms with Crippen LogP contribution >= 0.6 is 0 Å². The van der Waals surface area contributed by atoms with Gasteiger partial charge in [-0.25, -0.2) is 8.42 Å². The number of hydrogen-bond donors (Lipinski definition) is 2. The molecule has 0 aromatic heterocycles. The Morgan fingerprint density at radius 3 is 2.29 bits per heavy atom. The maximum absolute atomic E-state index is 12.6. The maximum atomic E-state index is 12.6. The molecule has 0 bridgehead atoms. The van der Waals surface area contributed by atoms with Crippen molar-refractivity contribution in [2.75, 3.05) is 24.7 Å². The molecule has 1 saturated carbocycles. The number of amides is 1. The number of sulfone groups is 1. The highest BCUT2D eigenvalue weighted by atomic mass is 32.2. The second-order valence-corrected chi connectivity index (χ2v) is 8.66. The van der Waals surface area contributed by atoms with Gasteiger partial charge in [-0.3, -0.25) is 9.59 Å². The summed E-state index contributed by atoms with van der Waals surface area (Å²) in [6, 6.07) is -0.458. The highest BCUT2D eigenvalue weighted by molar-refractivity contribution is 7.91. The Kier molecular flexibility index (Phi) is 4.05. The fraction of sp³-hybridized carbons (Fsp3) is 0.846. The number of hydrogen-bond acceptors (Lipinski definition) is 5. The lowest BCUT2D eigenvalue weighted by atomic mass is 10.1. The van der Waals surface area contributed by atoms with Crippen molar-refractivity contribution in [2.24, 2.45) is 17.3 Å². The lowest BCUT2D eigenvalue weighted by Crippen LogP contribution is -2.44. The molecule has 2 fully saturated rings. The van der Waals surface area contributed by atoms with Gasteiger partial charge in [0.2, 0.25) is 5.91 Å². The third-order valence-electron chi connectivity index (χ3n) is 4.63. The van der Waals surface area contributed by atoms with Gasteiger partial charge in [-0.1, -0.05) is 13.8 Å². The Bertz CT molecular complexity index is 555.